The summed E-state index contributed by atoms with van der Waals surface area (Å²) in [6, 6.07) is 21.6. The molecular formula is C29H29N3O3. The largest absolute Gasteiger partial charge is 0.496 e. The molecule has 3 heterocycles. The number of amides is 1. The summed E-state index contributed by atoms with van der Waals surface area (Å²) in [5.74, 6) is 2.23. The Hall–Kier alpha value is -3.93. The van der Waals surface area contributed by atoms with Crippen molar-refractivity contribution in [3.63, 3.8) is 0 Å². The molecule has 6 heteroatoms. The zero-order chi connectivity index (χ0) is 24.0. The van der Waals surface area contributed by atoms with Crippen molar-refractivity contribution in [1.82, 2.24) is 14.9 Å². The maximum absolute atomic E-state index is 13.6. The molecule has 35 heavy (non-hydrogen) atoms. The Morgan fingerprint density at radius 2 is 1.86 bits per heavy atom. The molecule has 0 spiro atoms. The number of pyridine rings is 1. The van der Waals surface area contributed by atoms with Gasteiger partial charge in [0.15, 0.2) is 0 Å². The highest BCUT2D eigenvalue weighted by Crippen LogP contribution is 2.32. The highest BCUT2D eigenvalue weighted by Gasteiger charge is 2.32. The fourth-order valence-corrected chi connectivity index (χ4v) is 4.70. The van der Waals surface area contributed by atoms with E-state index in [9.17, 15) is 4.79 Å². The van der Waals surface area contributed by atoms with Crippen molar-refractivity contribution in [2.24, 2.45) is 0 Å². The number of benzene rings is 2. The molecule has 2 aromatic heterocycles. The molecule has 2 aromatic carbocycles. The standard InChI is InChI=1S/C29H29N3O3/c1-34-27-13-6-5-11-22(27)18-24-19-23(14-15-30-24)29(33)32-16-8-7-12-26(32)28-31-20-25(35-28)17-21-9-3-2-4-10-21/h2-6,9-11,13-15,19-20,26H,7-8,12,16-18H2,1H3/t26-/m0/s1. The first-order valence-electron chi connectivity index (χ1n) is 12.1. The minimum atomic E-state index is -0.161. The van der Waals surface area contributed by atoms with Gasteiger partial charge in [-0.2, -0.15) is 0 Å². The molecule has 178 valence electrons. The van der Waals surface area contributed by atoms with Crippen LogP contribution in [0.5, 0.6) is 5.75 Å². The topological polar surface area (TPSA) is 68.5 Å². The summed E-state index contributed by atoms with van der Waals surface area (Å²) in [5.41, 5.74) is 3.67. The van der Waals surface area contributed by atoms with E-state index in [-0.39, 0.29) is 11.9 Å². The van der Waals surface area contributed by atoms with Crippen LogP contribution < -0.4 is 4.74 Å². The number of methoxy groups -OCH3 is 1. The molecular weight excluding hydrogens is 438 g/mol. The van der Waals surface area contributed by atoms with Gasteiger partial charge in [-0.05, 0) is 43.0 Å². The minimum Gasteiger partial charge on any atom is -0.496 e. The van der Waals surface area contributed by atoms with Crippen LogP contribution in [-0.4, -0.2) is 34.4 Å². The third-order valence-corrected chi connectivity index (χ3v) is 6.47. The first kappa shape index (κ1) is 22.8. The lowest BCUT2D eigenvalue weighted by Gasteiger charge is -2.34. The van der Waals surface area contributed by atoms with Gasteiger partial charge < -0.3 is 14.1 Å². The molecule has 0 bridgehead atoms. The van der Waals surface area contributed by atoms with Crippen molar-refractivity contribution >= 4 is 5.91 Å². The second kappa shape index (κ2) is 10.6. The third-order valence-electron chi connectivity index (χ3n) is 6.47. The quantitative estimate of drug-likeness (QED) is 0.352. The molecule has 1 atom stereocenters. The third kappa shape index (κ3) is 5.27. The van der Waals surface area contributed by atoms with Gasteiger partial charge in [0.1, 0.15) is 17.6 Å². The van der Waals surface area contributed by atoms with Gasteiger partial charge in [-0.15, -0.1) is 0 Å². The van der Waals surface area contributed by atoms with E-state index in [1.165, 1.54) is 5.56 Å². The lowest BCUT2D eigenvalue weighted by molar-refractivity contribution is 0.0570. The molecule has 1 amide bonds. The first-order valence-corrected chi connectivity index (χ1v) is 12.1. The second-order valence-electron chi connectivity index (χ2n) is 8.86. The van der Waals surface area contributed by atoms with Crippen molar-refractivity contribution in [2.75, 3.05) is 13.7 Å². The summed E-state index contributed by atoms with van der Waals surface area (Å²) < 4.78 is 11.6. The zero-order valence-electron chi connectivity index (χ0n) is 19.9. The zero-order valence-corrected chi connectivity index (χ0v) is 19.9. The molecule has 5 rings (SSSR count). The summed E-state index contributed by atoms with van der Waals surface area (Å²) in [6.07, 6.45) is 7.63. The Balaban J connectivity index is 1.34. The molecule has 0 N–H and O–H groups in total. The van der Waals surface area contributed by atoms with E-state index in [1.807, 2.05) is 53.4 Å². The lowest BCUT2D eigenvalue weighted by atomic mass is 10.00. The maximum atomic E-state index is 13.6. The Morgan fingerprint density at radius 1 is 1.03 bits per heavy atom. The average molecular weight is 468 g/mol. The number of para-hydroxylation sites is 1. The minimum absolute atomic E-state index is 0.0128. The lowest BCUT2D eigenvalue weighted by Crippen LogP contribution is -2.38. The number of ether oxygens (including phenoxy) is 1. The van der Waals surface area contributed by atoms with Crippen LogP contribution in [0.1, 0.15) is 64.1 Å². The summed E-state index contributed by atoms with van der Waals surface area (Å²) in [6.45, 7) is 0.685. The van der Waals surface area contributed by atoms with Crippen molar-refractivity contribution in [3.8, 4) is 5.75 Å². The number of carbonyl (C=O) groups is 1. The summed E-state index contributed by atoms with van der Waals surface area (Å²) in [4.78, 5) is 24.6. The number of nitrogens with zero attached hydrogens (tertiary/aromatic N) is 3. The summed E-state index contributed by atoms with van der Waals surface area (Å²) in [5, 5.41) is 0. The van der Waals surface area contributed by atoms with Crippen LogP contribution in [0.25, 0.3) is 0 Å². The van der Waals surface area contributed by atoms with Crippen LogP contribution in [0.2, 0.25) is 0 Å². The van der Waals surface area contributed by atoms with Crippen LogP contribution >= 0.6 is 0 Å². The number of carbonyl (C=O) groups excluding carboxylic acids is 1. The number of rotatable bonds is 7. The first-order chi connectivity index (χ1) is 17.2. The summed E-state index contributed by atoms with van der Waals surface area (Å²) >= 11 is 0. The molecule has 0 aliphatic carbocycles. The number of oxazole rings is 1. The van der Waals surface area contributed by atoms with E-state index in [2.05, 4.69) is 22.1 Å². The maximum Gasteiger partial charge on any atom is 0.254 e. The Labute approximate surface area is 205 Å². The van der Waals surface area contributed by atoms with Gasteiger partial charge in [-0.1, -0.05) is 48.5 Å². The van der Waals surface area contributed by atoms with Crippen molar-refractivity contribution in [1.29, 1.82) is 0 Å². The Morgan fingerprint density at radius 3 is 2.71 bits per heavy atom. The van der Waals surface area contributed by atoms with E-state index in [4.69, 9.17) is 9.15 Å². The Bertz CT molecular complexity index is 1290. The molecule has 1 fully saturated rings. The monoisotopic (exact) mass is 467 g/mol. The van der Waals surface area contributed by atoms with Crippen molar-refractivity contribution < 1.29 is 13.9 Å². The van der Waals surface area contributed by atoms with Gasteiger partial charge in [0, 0.05) is 42.4 Å². The highest BCUT2D eigenvalue weighted by atomic mass is 16.5. The van der Waals surface area contributed by atoms with E-state index >= 15 is 0 Å². The molecule has 0 saturated carbocycles. The SMILES string of the molecule is COc1ccccc1Cc1cc(C(=O)N2CCCC[C@H]2c2ncc(Cc3ccccc3)o2)ccn1. The number of likely N-dealkylation sites (tertiary alicyclic amines) is 1. The fourth-order valence-electron chi connectivity index (χ4n) is 4.70. The van der Waals surface area contributed by atoms with Crippen LogP contribution in [0.15, 0.2) is 83.5 Å². The van der Waals surface area contributed by atoms with Crippen molar-refractivity contribution in [2.45, 2.75) is 38.1 Å². The van der Waals surface area contributed by atoms with Crippen molar-refractivity contribution in [3.05, 3.63) is 113 Å². The van der Waals surface area contributed by atoms with Crippen LogP contribution in [-0.2, 0) is 12.8 Å². The number of hydrogen-bond donors (Lipinski definition) is 0. The van der Waals surface area contributed by atoms with Gasteiger partial charge in [-0.3, -0.25) is 9.78 Å². The number of hydrogen-bond acceptors (Lipinski definition) is 5. The van der Waals surface area contributed by atoms with Gasteiger partial charge in [-0.25, -0.2) is 4.98 Å². The van der Waals surface area contributed by atoms with Gasteiger partial charge in [0.05, 0.1) is 13.3 Å². The van der Waals surface area contributed by atoms with Gasteiger partial charge in [0.25, 0.3) is 5.91 Å². The molecule has 1 aliphatic heterocycles. The molecule has 4 aromatic rings. The molecule has 1 saturated heterocycles. The van der Waals surface area contributed by atoms with Gasteiger partial charge >= 0.3 is 0 Å². The smallest absolute Gasteiger partial charge is 0.254 e. The normalized spacial score (nSPS) is 15.7. The predicted molar refractivity (Wildman–Crippen MR) is 133 cm³/mol. The fraction of sp³-hybridized carbons (Fsp3) is 0.276. The average Bonchev–Trinajstić information content (AvgIpc) is 3.37. The van der Waals surface area contributed by atoms with Gasteiger partial charge in [0.2, 0.25) is 5.89 Å². The van der Waals surface area contributed by atoms with E-state index in [1.54, 1.807) is 25.6 Å². The van der Waals surface area contributed by atoms with E-state index in [0.717, 1.165) is 42.0 Å². The molecule has 1 aliphatic rings. The molecule has 0 radical (unpaired) electrons. The number of piperidine rings is 1. The van der Waals surface area contributed by atoms with Crippen LogP contribution in [0, 0.1) is 0 Å². The Kier molecular flexibility index (Phi) is 6.89. The van der Waals surface area contributed by atoms with E-state index in [0.29, 0.717) is 30.8 Å². The number of aromatic nitrogens is 2. The highest BCUT2D eigenvalue weighted by molar-refractivity contribution is 5.94. The van der Waals surface area contributed by atoms with E-state index < -0.39 is 0 Å². The van der Waals surface area contributed by atoms with Crippen LogP contribution in [0.3, 0.4) is 0 Å². The second-order valence-corrected chi connectivity index (χ2v) is 8.86. The predicted octanol–water partition coefficient (Wildman–Crippen LogP) is 5.63. The van der Waals surface area contributed by atoms with Crippen LogP contribution in [0.4, 0.5) is 0 Å². The molecule has 0 unspecified atom stereocenters. The molecule has 6 nitrogen and oxygen atoms in total. The summed E-state index contributed by atoms with van der Waals surface area (Å²) in [7, 11) is 1.66.